The first kappa shape index (κ1) is 14.2. The van der Waals surface area contributed by atoms with Crippen molar-refractivity contribution in [3.8, 4) is 5.75 Å². The molecule has 1 heterocycles. The maximum atomic E-state index is 11.7. The van der Waals surface area contributed by atoms with Gasteiger partial charge in [0.1, 0.15) is 5.75 Å². The van der Waals surface area contributed by atoms with Crippen molar-refractivity contribution < 1.29 is 9.53 Å². The van der Waals surface area contributed by atoms with Crippen LogP contribution in [0.2, 0.25) is 0 Å². The summed E-state index contributed by atoms with van der Waals surface area (Å²) in [6, 6.07) is 5.71. The summed E-state index contributed by atoms with van der Waals surface area (Å²) >= 11 is 0. The monoisotopic (exact) mass is 276 g/mol. The molecule has 6 heteroatoms. The fourth-order valence-electron chi connectivity index (χ4n) is 2.09. The molecule has 20 heavy (non-hydrogen) atoms. The summed E-state index contributed by atoms with van der Waals surface area (Å²) in [6.07, 6.45) is 0.366. The highest BCUT2D eigenvalue weighted by Gasteiger charge is 2.11. The summed E-state index contributed by atoms with van der Waals surface area (Å²) in [6.45, 7) is 4.36. The number of benzene rings is 1. The molecular weight excluding hydrogens is 256 g/mol. The first-order valence-corrected chi connectivity index (χ1v) is 6.60. The zero-order valence-electron chi connectivity index (χ0n) is 12.0. The van der Waals surface area contributed by atoms with Crippen molar-refractivity contribution in [1.29, 1.82) is 0 Å². The van der Waals surface area contributed by atoms with Crippen LogP contribution in [0.25, 0.3) is 11.0 Å². The van der Waals surface area contributed by atoms with Gasteiger partial charge in [-0.2, -0.15) is 0 Å². The Morgan fingerprint density at radius 1 is 1.50 bits per heavy atom. The van der Waals surface area contributed by atoms with Crippen molar-refractivity contribution in [2.45, 2.75) is 32.9 Å². The van der Waals surface area contributed by atoms with Crippen LogP contribution in [0, 0.1) is 0 Å². The van der Waals surface area contributed by atoms with Gasteiger partial charge in [-0.1, -0.05) is 0 Å². The molecule has 0 aliphatic heterocycles. The number of nitrogens with two attached hydrogens (primary N) is 1. The Morgan fingerprint density at radius 2 is 2.25 bits per heavy atom. The Hall–Kier alpha value is -2.24. The van der Waals surface area contributed by atoms with E-state index in [1.54, 1.807) is 7.11 Å². The maximum absolute atomic E-state index is 11.7. The number of ether oxygens (including phenoxy) is 1. The third-order valence-corrected chi connectivity index (χ3v) is 3.00. The van der Waals surface area contributed by atoms with Gasteiger partial charge < -0.3 is 20.4 Å². The molecule has 0 aliphatic rings. The SMILES string of the molecule is COc1ccc2nc(N)n(CCC(=O)NC(C)C)c2c1. The number of rotatable bonds is 5. The number of hydrogen-bond donors (Lipinski definition) is 2. The van der Waals surface area contributed by atoms with Crippen molar-refractivity contribution in [1.82, 2.24) is 14.9 Å². The predicted molar refractivity (Wildman–Crippen MR) is 78.6 cm³/mol. The molecule has 0 unspecified atom stereocenters. The van der Waals surface area contributed by atoms with Gasteiger partial charge in [0.05, 0.1) is 18.1 Å². The van der Waals surface area contributed by atoms with E-state index in [9.17, 15) is 4.79 Å². The third kappa shape index (κ3) is 3.01. The van der Waals surface area contributed by atoms with Gasteiger partial charge in [-0.25, -0.2) is 4.98 Å². The first-order chi connectivity index (χ1) is 9.51. The third-order valence-electron chi connectivity index (χ3n) is 3.00. The second kappa shape index (κ2) is 5.81. The molecule has 0 bridgehead atoms. The number of carbonyl (C=O) groups is 1. The number of carbonyl (C=O) groups excluding carboxylic acids is 1. The first-order valence-electron chi connectivity index (χ1n) is 6.60. The number of anilines is 1. The number of nitrogens with zero attached hydrogens (tertiary/aromatic N) is 2. The predicted octanol–water partition coefficient (Wildman–Crippen LogP) is 1.54. The average molecular weight is 276 g/mol. The van der Waals surface area contributed by atoms with Gasteiger partial charge in [0.25, 0.3) is 0 Å². The van der Waals surface area contributed by atoms with Crippen LogP contribution >= 0.6 is 0 Å². The van der Waals surface area contributed by atoms with E-state index in [2.05, 4.69) is 10.3 Å². The number of fused-ring (bicyclic) bond motifs is 1. The van der Waals surface area contributed by atoms with Gasteiger partial charge in [0.15, 0.2) is 0 Å². The molecule has 3 N–H and O–H groups in total. The number of imidazole rings is 1. The fourth-order valence-corrected chi connectivity index (χ4v) is 2.09. The zero-order valence-corrected chi connectivity index (χ0v) is 12.0. The van der Waals surface area contributed by atoms with Gasteiger partial charge in [0.2, 0.25) is 11.9 Å². The van der Waals surface area contributed by atoms with Gasteiger partial charge in [-0.05, 0) is 26.0 Å². The van der Waals surface area contributed by atoms with Crippen molar-refractivity contribution in [2.24, 2.45) is 0 Å². The Balaban J connectivity index is 2.20. The van der Waals surface area contributed by atoms with Gasteiger partial charge in [-0.15, -0.1) is 0 Å². The molecular formula is C14H20N4O2. The van der Waals surface area contributed by atoms with Crippen molar-refractivity contribution >= 4 is 22.9 Å². The van der Waals surface area contributed by atoms with E-state index in [1.807, 2.05) is 36.6 Å². The lowest BCUT2D eigenvalue weighted by Gasteiger charge is -2.10. The van der Waals surface area contributed by atoms with Gasteiger partial charge >= 0.3 is 0 Å². The molecule has 0 fully saturated rings. The average Bonchev–Trinajstić information content (AvgIpc) is 2.70. The Kier molecular flexibility index (Phi) is 4.12. The van der Waals surface area contributed by atoms with Crippen LogP contribution in [0.1, 0.15) is 20.3 Å². The Bertz CT molecular complexity index is 619. The van der Waals surface area contributed by atoms with Crippen LogP contribution in [-0.4, -0.2) is 28.6 Å². The summed E-state index contributed by atoms with van der Waals surface area (Å²) in [7, 11) is 1.61. The van der Waals surface area contributed by atoms with Crippen LogP contribution in [0.3, 0.4) is 0 Å². The quantitative estimate of drug-likeness (QED) is 0.868. The lowest BCUT2D eigenvalue weighted by atomic mass is 10.3. The van der Waals surface area contributed by atoms with Gasteiger partial charge in [0, 0.05) is 25.1 Å². The van der Waals surface area contributed by atoms with Crippen LogP contribution in [0.4, 0.5) is 5.95 Å². The minimum absolute atomic E-state index is 0.00384. The number of hydrogen-bond acceptors (Lipinski definition) is 4. The highest BCUT2D eigenvalue weighted by molar-refractivity contribution is 5.80. The van der Waals surface area contributed by atoms with E-state index in [-0.39, 0.29) is 11.9 Å². The standard InChI is InChI=1S/C14H20N4O2/c1-9(2)16-13(19)6-7-18-12-8-10(20-3)4-5-11(12)17-14(18)15/h4-5,8-9H,6-7H2,1-3H3,(H2,15,17)(H,16,19). The molecule has 6 nitrogen and oxygen atoms in total. The number of aromatic nitrogens is 2. The highest BCUT2D eigenvalue weighted by atomic mass is 16.5. The Labute approximate surface area is 117 Å². The molecule has 0 atom stereocenters. The molecule has 0 radical (unpaired) electrons. The number of aryl methyl sites for hydroxylation is 1. The molecule has 108 valence electrons. The number of amides is 1. The lowest BCUT2D eigenvalue weighted by molar-refractivity contribution is -0.121. The number of methoxy groups -OCH3 is 1. The molecule has 1 amide bonds. The molecule has 0 aliphatic carbocycles. The second-order valence-electron chi connectivity index (χ2n) is 4.95. The molecule has 0 saturated carbocycles. The minimum Gasteiger partial charge on any atom is -0.497 e. The highest BCUT2D eigenvalue weighted by Crippen LogP contribution is 2.23. The van der Waals surface area contributed by atoms with Crippen LogP contribution in [-0.2, 0) is 11.3 Å². The van der Waals surface area contributed by atoms with E-state index >= 15 is 0 Å². The summed E-state index contributed by atoms with van der Waals surface area (Å²) in [5.74, 6) is 1.15. The van der Waals surface area contributed by atoms with E-state index in [0.717, 1.165) is 16.8 Å². The molecule has 0 saturated heterocycles. The summed E-state index contributed by atoms with van der Waals surface area (Å²) < 4.78 is 7.03. The normalized spacial score (nSPS) is 11.0. The van der Waals surface area contributed by atoms with E-state index < -0.39 is 0 Å². The molecule has 0 spiro atoms. The van der Waals surface area contributed by atoms with Crippen LogP contribution < -0.4 is 15.8 Å². The lowest BCUT2D eigenvalue weighted by Crippen LogP contribution is -2.30. The zero-order chi connectivity index (χ0) is 14.7. The van der Waals surface area contributed by atoms with Crippen molar-refractivity contribution in [2.75, 3.05) is 12.8 Å². The van der Waals surface area contributed by atoms with Crippen molar-refractivity contribution in [3.63, 3.8) is 0 Å². The second-order valence-corrected chi connectivity index (χ2v) is 4.95. The van der Waals surface area contributed by atoms with E-state index in [4.69, 9.17) is 10.5 Å². The molecule has 1 aromatic carbocycles. The van der Waals surface area contributed by atoms with E-state index in [0.29, 0.717) is 18.9 Å². The number of nitrogen functional groups attached to an aromatic ring is 1. The summed E-state index contributed by atoms with van der Waals surface area (Å²) in [5.41, 5.74) is 7.58. The molecule has 2 aromatic rings. The van der Waals surface area contributed by atoms with E-state index in [1.165, 1.54) is 0 Å². The largest absolute Gasteiger partial charge is 0.497 e. The van der Waals surface area contributed by atoms with Crippen LogP contribution in [0.5, 0.6) is 5.75 Å². The fraction of sp³-hybridized carbons (Fsp3) is 0.429. The van der Waals surface area contributed by atoms with Gasteiger partial charge in [-0.3, -0.25) is 4.79 Å². The topological polar surface area (TPSA) is 82.2 Å². The van der Waals surface area contributed by atoms with Crippen LogP contribution in [0.15, 0.2) is 18.2 Å². The molecule has 2 rings (SSSR count). The molecule has 1 aromatic heterocycles. The summed E-state index contributed by atoms with van der Waals surface area (Å²) in [4.78, 5) is 16.0. The maximum Gasteiger partial charge on any atom is 0.221 e. The Morgan fingerprint density at radius 3 is 2.90 bits per heavy atom. The number of nitrogens with one attached hydrogen (secondary N) is 1. The smallest absolute Gasteiger partial charge is 0.221 e. The minimum atomic E-state index is 0.00384. The van der Waals surface area contributed by atoms with Crippen molar-refractivity contribution in [3.05, 3.63) is 18.2 Å². The summed E-state index contributed by atoms with van der Waals surface area (Å²) in [5, 5.41) is 2.86.